The van der Waals surface area contributed by atoms with E-state index >= 15 is 0 Å². The summed E-state index contributed by atoms with van der Waals surface area (Å²) < 4.78 is 10.5. The van der Waals surface area contributed by atoms with Crippen LogP contribution in [-0.2, 0) is 16.0 Å². The van der Waals surface area contributed by atoms with Crippen molar-refractivity contribution in [3.05, 3.63) is 47.0 Å². The number of piperazine rings is 1. The molecule has 1 saturated heterocycles. The fraction of sp³-hybridized carbons (Fsp3) is 0.300. The molecule has 0 radical (unpaired) electrons. The molecule has 28 heavy (non-hydrogen) atoms. The minimum absolute atomic E-state index is 0.0341. The summed E-state index contributed by atoms with van der Waals surface area (Å²) in [4.78, 5) is 25.9. The van der Waals surface area contributed by atoms with E-state index in [9.17, 15) is 9.59 Å². The van der Waals surface area contributed by atoms with Gasteiger partial charge in [0.05, 0.1) is 37.9 Å². The predicted octanol–water partition coefficient (Wildman–Crippen LogP) is 2.47. The van der Waals surface area contributed by atoms with E-state index in [-0.39, 0.29) is 24.8 Å². The maximum absolute atomic E-state index is 12.4. The normalized spacial score (nSPS) is 13.7. The summed E-state index contributed by atoms with van der Waals surface area (Å²) in [7, 11) is 3.13. The highest BCUT2D eigenvalue weighted by Crippen LogP contribution is 2.30. The molecule has 8 heteroatoms. The Balaban J connectivity index is 1.67. The summed E-state index contributed by atoms with van der Waals surface area (Å²) in [6.45, 7) is 1.54. The zero-order valence-corrected chi connectivity index (χ0v) is 16.5. The summed E-state index contributed by atoms with van der Waals surface area (Å²) in [5, 5.41) is 6.10. The van der Waals surface area contributed by atoms with Crippen molar-refractivity contribution in [2.24, 2.45) is 0 Å². The monoisotopic (exact) mass is 403 g/mol. The first-order valence-corrected chi connectivity index (χ1v) is 9.20. The molecule has 0 atom stereocenters. The number of carbonyl (C=O) groups excluding carboxylic acids is 2. The summed E-state index contributed by atoms with van der Waals surface area (Å²) in [5.41, 5.74) is 2.11. The van der Waals surface area contributed by atoms with Gasteiger partial charge in [0.1, 0.15) is 11.5 Å². The number of ether oxygens (including phenoxy) is 2. The molecule has 2 aromatic carbocycles. The molecule has 0 unspecified atom stereocenters. The van der Waals surface area contributed by atoms with E-state index in [1.54, 1.807) is 44.6 Å². The van der Waals surface area contributed by atoms with Crippen molar-refractivity contribution in [1.29, 1.82) is 0 Å². The van der Waals surface area contributed by atoms with Gasteiger partial charge in [-0.3, -0.25) is 9.59 Å². The highest BCUT2D eigenvalue weighted by atomic mass is 35.5. The van der Waals surface area contributed by atoms with Gasteiger partial charge in [0, 0.05) is 30.4 Å². The second kappa shape index (κ2) is 8.84. The molecule has 0 spiro atoms. The SMILES string of the molecule is COc1ccc(CC(=O)Nc2ccc(N3CCNC(=O)C3)c(Cl)c2)c(OC)c1. The van der Waals surface area contributed by atoms with E-state index < -0.39 is 0 Å². The average molecular weight is 404 g/mol. The van der Waals surface area contributed by atoms with Gasteiger partial charge in [-0.1, -0.05) is 17.7 Å². The molecule has 1 fully saturated rings. The minimum Gasteiger partial charge on any atom is -0.497 e. The van der Waals surface area contributed by atoms with Gasteiger partial charge in [-0.2, -0.15) is 0 Å². The standard InChI is InChI=1S/C20H22ClN3O4/c1-27-15-5-3-13(18(11-15)28-2)9-19(25)23-14-4-6-17(16(21)10-14)24-8-7-22-20(26)12-24/h3-6,10-11H,7-9,12H2,1-2H3,(H,22,26)(H,23,25). The number of nitrogens with zero attached hydrogens (tertiary/aromatic N) is 1. The van der Waals surface area contributed by atoms with Crippen LogP contribution in [0.2, 0.25) is 5.02 Å². The molecule has 1 aliphatic heterocycles. The lowest BCUT2D eigenvalue weighted by Gasteiger charge is -2.29. The third kappa shape index (κ3) is 4.67. The zero-order chi connectivity index (χ0) is 20.1. The predicted molar refractivity (Wildman–Crippen MR) is 109 cm³/mol. The Hall–Kier alpha value is -2.93. The number of anilines is 2. The molecule has 1 heterocycles. The molecule has 7 nitrogen and oxygen atoms in total. The second-order valence-corrected chi connectivity index (χ2v) is 6.75. The lowest BCUT2D eigenvalue weighted by atomic mass is 10.1. The number of carbonyl (C=O) groups is 2. The van der Waals surface area contributed by atoms with E-state index in [1.165, 1.54) is 0 Å². The van der Waals surface area contributed by atoms with E-state index in [0.29, 0.717) is 35.3 Å². The molecule has 148 valence electrons. The number of hydrogen-bond acceptors (Lipinski definition) is 5. The highest BCUT2D eigenvalue weighted by Gasteiger charge is 2.19. The number of benzene rings is 2. The molecular formula is C20H22ClN3O4. The van der Waals surface area contributed by atoms with Gasteiger partial charge in [0.2, 0.25) is 11.8 Å². The average Bonchev–Trinajstić information content (AvgIpc) is 2.68. The van der Waals surface area contributed by atoms with E-state index in [4.69, 9.17) is 21.1 Å². The maximum Gasteiger partial charge on any atom is 0.239 e. The third-order valence-electron chi connectivity index (χ3n) is 4.46. The Morgan fingerprint density at radius 1 is 1.21 bits per heavy atom. The topological polar surface area (TPSA) is 79.9 Å². The summed E-state index contributed by atoms with van der Waals surface area (Å²) >= 11 is 6.38. The number of amides is 2. The van der Waals surface area contributed by atoms with E-state index in [0.717, 1.165) is 11.3 Å². The van der Waals surface area contributed by atoms with Crippen LogP contribution in [0.4, 0.5) is 11.4 Å². The van der Waals surface area contributed by atoms with Crippen molar-refractivity contribution in [3.63, 3.8) is 0 Å². The van der Waals surface area contributed by atoms with Gasteiger partial charge in [-0.05, 0) is 24.3 Å². The first-order chi connectivity index (χ1) is 13.5. The van der Waals surface area contributed by atoms with Crippen LogP contribution >= 0.6 is 11.6 Å². The molecule has 0 bridgehead atoms. The van der Waals surface area contributed by atoms with Crippen LogP contribution in [0.3, 0.4) is 0 Å². The Morgan fingerprint density at radius 2 is 2.04 bits per heavy atom. The Labute approximate surface area is 168 Å². The van der Waals surface area contributed by atoms with Crippen LogP contribution in [0.5, 0.6) is 11.5 Å². The van der Waals surface area contributed by atoms with Crippen LogP contribution < -0.4 is 25.0 Å². The molecule has 2 N–H and O–H groups in total. The quantitative estimate of drug-likeness (QED) is 0.774. The zero-order valence-electron chi connectivity index (χ0n) is 15.8. The molecular weight excluding hydrogens is 382 g/mol. The molecule has 1 aliphatic rings. The minimum atomic E-state index is -0.190. The van der Waals surface area contributed by atoms with Crippen LogP contribution in [0.25, 0.3) is 0 Å². The first-order valence-electron chi connectivity index (χ1n) is 8.82. The molecule has 0 saturated carbocycles. The van der Waals surface area contributed by atoms with Crippen LogP contribution in [0.1, 0.15) is 5.56 Å². The number of halogens is 1. The number of nitrogens with one attached hydrogen (secondary N) is 2. The number of methoxy groups -OCH3 is 2. The van der Waals surface area contributed by atoms with Crippen molar-refractivity contribution < 1.29 is 19.1 Å². The second-order valence-electron chi connectivity index (χ2n) is 6.34. The molecule has 2 amide bonds. The highest BCUT2D eigenvalue weighted by molar-refractivity contribution is 6.33. The summed E-state index contributed by atoms with van der Waals surface area (Å²) in [6, 6.07) is 10.6. The van der Waals surface area contributed by atoms with Gasteiger partial charge in [-0.25, -0.2) is 0 Å². The Kier molecular flexibility index (Phi) is 6.26. The lowest BCUT2D eigenvalue weighted by Crippen LogP contribution is -2.47. The van der Waals surface area contributed by atoms with E-state index in [1.807, 2.05) is 11.0 Å². The van der Waals surface area contributed by atoms with Crippen molar-refractivity contribution in [3.8, 4) is 11.5 Å². The van der Waals surface area contributed by atoms with Crippen molar-refractivity contribution >= 4 is 34.8 Å². The lowest BCUT2D eigenvalue weighted by molar-refractivity contribution is -0.120. The third-order valence-corrected chi connectivity index (χ3v) is 4.76. The van der Waals surface area contributed by atoms with Crippen LogP contribution in [-0.4, -0.2) is 45.7 Å². The molecule has 0 aromatic heterocycles. The van der Waals surface area contributed by atoms with Crippen molar-refractivity contribution in [2.45, 2.75) is 6.42 Å². The fourth-order valence-electron chi connectivity index (χ4n) is 3.06. The summed E-state index contributed by atoms with van der Waals surface area (Å²) in [5.74, 6) is 1.03. The fourth-order valence-corrected chi connectivity index (χ4v) is 3.36. The van der Waals surface area contributed by atoms with Gasteiger partial charge in [-0.15, -0.1) is 0 Å². The maximum atomic E-state index is 12.4. The summed E-state index contributed by atoms with van der Waals surface area (Å²) in [6.07, 6.45) is 0.152. The van der Waals surface area contributed by atoms with Crippen LogP contribution in [0, 0.1) is 0 Å². The van der Waals surface area contributed by atoms with E-state index in [2.05, 4.69) is 10.6 Å². The molecule has 0 aliphatic carbocycles. The Bertz CT molecular complexity index is 888. The van der Waals surface area contributed by atoms with Crippen molar-refractivity contribution in [1.82, 2.24) is 5.32 Å². The van der Waals surface area contributed by atoms with Gasteiger partial charge >= 0.3 is 0 Å². The molecule has 2 aromatic rings. The molecule has 3 rings (SSSR count). The Morgan fingerprint density at radius 3 is 2.71 bits per heavy atom. The van der Waals surface area contributed by atoms with Gasteiger partial charge in [0.25, 0.3) is 0 Å². The van der Waals surface area contributed by atoms with Crippen LogP contribution in [0.15, 0.2) is 36.4 Å². The first kappa shape index (κ1) is 19.8. The van der Waals surface area contributed by atoms with Gasteiger partial charge in [0.15, 0.2) is 0 Å². The largest absolute Gasteiger partial charge is 0.497 e. The number of hydrogen-bond donors (Lipinski definition) is 2. The van der Waals surface area contributed by atoms with Gasteiger partial charge < -0.3 is 25.0 Å². The number of rotatable bonds is 6. The smallest absolute Gasteiger partial charge is 0.239 e. The van der Waals surface area contributed by atoms with Crippen molar-refractivity contribution in [2.75, 3.05) is 44.1 Å².